The maximum Gasteiger partial charge on any atom is 0.251 e. The molecule has 0 aliphatic heterocycles. The van der Waals surface area contributed by atoms with Crippen LogP contribution in [0.4, 0.5) is 0 Å². The van der Waals surface area contributed by atoms with Crippen LogP contribution in [0.15, 0.2) is 36.5 Å². The second kappa shape index (κ2) is 8.66. The summed E-state index contributed by atoms with van der Waals surface area (Å²) in [5.74, 6) is 1.45. The molecule has 0 bridgehead atoms. The van der Waals surface area contributed by atoms with Gasteiger partial charge in [-0.1, -0.05) is 46.1 Å². The SMILES string of the molecule is CC(C)CCCC(C)CCNC(=O)c1ccc2ncccc2c1. The van der Waals surface area contributed by atoms with Crippen molar-refractivity contribution in [3.8, 4) is 0 Å². The zero-order chi connectivity index (χ0) is 16.7. The first-order valence-corrected chi connectivity index (χ1v) is 8.69. The van der Waals surface area contributed by atoms with Crippen molar-refractivity contribution >= 4 is 16.8 Å². The lowest BCUT2D eigenvalue weighted by Crippen LogP contribution is -2.25. The second-order valence-electron chi connectivity index (χ2n) is 6.89. The summed E-state index contributed by atoms with van der Waals surface area (Å²) in [6, 6.07) is 9.53. The van der Waals surface area contributed by atoms with E-state index in [0.717, 1.165) is 29.8 Å². The number of carbonyl (C=O) groups is 1. The largest absolute Gasteiger partial charge is 0.352 e. The predicted octanol–water partition coefficient (Wildman–Crippen LogP) is 4.82. The van der Waals surface area contributed by atoms with Gasteiger partial charge in [-0.3, -0.25) is 9.78 Å². The molecule has 2 rings (SSSR count). The Balaban J connectivity index is 1.77. The van der Waals surface area contributed by atoms with Gasteiger partial charge >= 0.3 is 0 Å². The molecule has 0 fully saturated rings. The highest BCUT2D eigenvalue weighted by atomic mass is 16.1. The number of hydrogen-bond acceptors (Lipinski definition) is 2. The van der Waals surface area contributed by atoms with Crippen molar-refractivity contribution in [1.82, 2.24) is 10.3 Å². The number of benzene rings is 1. The van der Waals surface area contributed by atoms with Crippen LogP contribution in [0.25, 0.3) is 10.9 Å². The van der Waals surface area contributed by atoms with Crippen molar-refractivity contribution in [2.45, 2.75) is 46.5 Å². The van der Waals surface area contributed by atoms with E-state index in [9.17, 15) is 4.79 Å². The molecule has 3 heteroatoms. The number of rotatable bonds is 8. The Morgan fingerprint density at radius 2 is 1.96 bits per heavy atom. The molecular weight excluding hydrogens is 284 g/mol. The molecule has 1 aromatic carbocycles. The van der Waals surface area contributed by atoms with Crippen LogP contribution >= 0.6 is 0 Å². The topological polar surface area (TPSA) is 42.0 Å². The molecule has 1 atom stereocenters. The van der Waals surface area contributed by atoms with Crippen LogP contribution in [0.1, 0.15) is 56.8 Å². The summed E-state index contributed by atoms with van der Waals surface area (Å²) >= 11 is 0. The Kier molecular flexibility index (Phi) is 6.57. The predicted molar refractivity (Wildman–Crippen MR) is 96.5 cm³/mol. The van der Waals surface area contributed by atoms with E-state index in [1.165, 1.54) is 19.3 Å². The first-order chi connectivity index (χ1) is 11.1. The monoisotopic (exact) mass is 312 g/mol. The summed E-state index contributed by atoms with van der Waals surface area (Å²) in [4.78, 5) is 16.5. The van der Waals surface area contributed by atoms with Crippen LogP contribution in [0.2, 0.25) is 0 Å². The van der Waals surface area contributed by atoms with Gasteiger partial charge in [0.2, 0.25) is 0 Å². The highest BCUT2D eigenvalue weighted by Crippen LogP contribution is 2.15. The van der Waals surface area contributed by atoms with Gasteiger partial charge in [0.05, 0.1) is 5.52 Å². The van der Waals surface area contributed by atoms with Gasteiger partial charge in [0.1, 0.15) is 0 Å². The molecule has 124 valence electrons. The third-order valence-corrected chi connectivity index (χ3v) is 4.27. The molecule has 1 unspecified atom stereocenters. The molecule has 23 heavy (non-hydrogen) atoms. The van der Waals surface area contributed by atoms with Crippen LogP contribution in [-0.2, 0) is 0 Å². The minimum absolute atomic E-state index is 0.00475. The Hall–Kier alpha value is -1.90. The van der Waals surface area contributed by atoms with Crippen LogP contribution < -0.4 is 5.32 Å². The molecule has 1 amide bonds. The smallest absolute Gasteiger partial charge is 0.251 e. The molecule has 0 spiro atoms. The van der Waals surface area contributed by atoms with E-state index in [1.54, 1.807) is 6.20 Å². The van der Waals surface area contributed by atoms with Gasteiger partial charge in [0.15, 0.2) is 0 Å². The molecule has 1 aromatic heterocycles. The Morgan fingerprint density at radius 3 is 2.74 bits per heavy atom. The lowest BCUT2D eigenvalue weighted by Gasteiger charge is -2.13. The average molecular weight is 312 g/mol. The number of fused-ring (bicyclic) bond motifs is 1. The summed E-state index contributed by atoms with van der Waals surface area (Å²) in [7, 11) is 0. The number of pyridine rings is 1. The highest BCUT2D eigenvalue weighted by Gasteiger charge is 2.08. The van der Waals surface area contributed by atoms with E-state index in [4.69, 9.17) is 0 Å². The number of nitrogens with one attached hydrogen (secondary N) is 1. The van der Waals surface area contributed by atoms with E-state index in [0.29, 0.717) is 11.5 Å². The van der Waals surface area contributed by atoms with Gasteiger partial charge in [-0.05, 0) is 42.5 Å². The molecule has 1 N–H and O–H groups in total. The molecule has 0 aliphatic rings. The van der Waals surface area contributed by atoms with Crippen LogP contribution in [0.3, 0.4) is 0 Å². The fourth-order valence-electron chi connectivity index (χ4n) is 2.77. The molecule has 0 radical (unpaired) electrons. The minimum atomic E-state index is 0.00475. The summed E-state index contributed by atoms with van der Waals surface area (Å²) in [6.07, 6.45) is 6.63. The average Bonchev–Trinajstić information content (AvgIpc) is 2.54. The summed E-state index contributed by atoms with van der Waals surface area (Å²) in [5.41, 5.74) is 1.63. The van der Waals surface area contributed by atoms with Gasteiger partial charge in [0, 0.05) is 23.7 Å². The van der Waals surface area contributed by atoms with Crippen molar-refractivity contribution in [2.75, 3.05) is 6.54 Å². The number of hydrogen-bond donors (Lipinski definition) is 1. The number of amides is 1. The molecule has 1 heterocycles. The standard InChI is InChI=1S/C20H28N2O/c1-15(2)6-4-7-16(3)11-13-22-20(23)18-9-10-19-17(14-18)8-5-12-21-19/h5,8-10,12,14-16H,4,6-7,11,13H2,1-3H3,(H,22,23). The minimum Gasteiger partial charge on any atom is -0.352 e. The molecule has 0 saturated carbocycles. The zero-order valence-corrected chi connectivity index (χ0v) is 14.5. The maximum atomic E-state index is 12.2. The van der Waals surface area contributed by atoms with Gasteiger partial charge in [-0.25, -0.2) is 0 Å². The number of aromatic nitrogens is 1. The van der Waals surface area contributed by atoms with E-state index in [2.05, 4.69) is 31.1 Å². The van der Waals surface area contributed by atoms with Crippen molar-refractivity contribution < 1.29 is 4.79 Å². The van der Waals surface area contributed by atoms with Crippen molar-refractivity contribution in [3.63, 3.8) is 0 Å². The van der Waals surface area contributed by atoms with E-state index in [-0.39, 0.29) is 5.91 Å². The van der Waals surface area contributed by atoms with Gasteiger partial charge in [-0.2, -0.15) is 0 Å². The van der Waals surface area contributed by atoms with E-state index >= 15 is 0 Å². The van der Waals surface area contributed by atoms with Crippen LogP contribution in [0, 0.1) is 11.8 Å². The van der Waals surface area contributed by atoms with Crippen molar-refractivity contribution in [1.29, 1.82) is 0 Å². The Morgan fingerprint density at radius 1 is 1.13 bits per heavy atom. The summed E-state index contributed by atoms with van der Waals surface area (Å²) < 4.78 is 0. The first kappa shape index (κ1) is 17.5. The normalized spacial score (nSPS) is 12.5. The quantitative estimate of drug-likeness (QED) is 0.759. The van der Waals surface area contributed by atoms with Gasteiger partial charge in [-0.15, -0.1) is 0 Å². The second-order valence-corrected chi connectivity index (χ2v) is 6.89. The van der Waals surface area contributed by atoms with Gasteiger partial charge < -0.3 is 5.32 Å². The summed E-state index contributed by atoms with van der Waals surface area (Å²) in [6.45, 7) is 7.55. The highest BCUT2D eigenvalue weighted by molar-refractivity contribution is 5.97. The molecule has 2 aromatic rings. The lowest BCUT2D eigenvalue weighted by atomic mass is 9.97. The summed E-state index contributed by atoms with van der Waals surface area (Å²) in [5, 5.41) is 4.04. The fourth-order valence-corrected chi connectivity index (χ4v) is 2.77. The zero-order valence-electron chi connectivity index (χ0n) is 14.5. The van der Waals surface area contributed by atoms with Crippen molar-refractivity contribution in [2.24, 2.45) is 11.8 Å². The van der Waals surface area contributed by atoms with Crippen molar-refractivity contribution in [3.05, 3.63) is 42.1 Å². The van der Waals surface area contributed by atoms with Crippen LogP contribution in [-0.4, -0.2) is 17.4 Å². The van der Waals surface area contributed by atoms with Gasteiger partial charge in [0.25, 0.3) is 5.91 Å². The lowest BCUT2D eigenvalue weighted by molar-refractivity contribution is 0.0951. The first-order valence-electron chi connectivity index (χ1n) is 8.69. The number of nitrogens with zero attached hydrogens (tertiary/aromatic N) is 1. The molecule has 0 aliphatic carbocycles. The molecular formula is C20H28N2O. The number of carbonyl (C=O) groups excluding carboxylic acids is 1. The molecule has 3 nitrogen and oxygen atoms in total. The van der Waals surface area contributed by atoms with E-state index < -0.39 is 0 Å². The maximum absolute atomic E-state index is 12.2. The van der Waals surface area contributed by atoms with Crippen LogP contribution in [0.5, 0.6) is 0 Å². The van der Waals surface area contributed by atoms with E-state index in [1.807, 2.05) is 30.3 Å². The fraction of sp³-hybridized carbons (Fsp3) is 0.500. The third kappa shape index (κ3) is 5.66. The Bertz CT molecular complexity index is 636. The Labute approximate surface area is 139 Å². The molecule has 0 saturated heterocycles. The third-order valence-electron chi connectivity index (χ3n) is 4.27.